The minimum absolute atomic E-state index is 0.178. The largest absolute Gasteiger partial charge is 0.459 e. The number of thioether (sulfide) groups is 2. The summed E-state index contributed by atoms with van der Waals surface area (Å²) >= 11 is 3.01. The first-order valence-corrected chi connectivity index (χ1v) is 12.1. The van der Waals surface area contributed by atoms with Gasteiger partial charge in [0, 0.05) is 17.6 Å². The van der Waals surface area contributed by atoms with Crippen molar-refractivity contribution in [3.8, 4) is 0 Å². The van der Waals surface area contributed by atoms with Crippen LogP contribution in [-0.4, -0.2) is 38.5 Å². The van der Waals surface area contributed by atoms with Crippen LogP contribution in [0, 0.1) is 6.92 Å². The number of carbonyl (C=O) groups excluding carboxylic acids is 2. The van der Waals surface area contributed by atoms with E-state index in [1.807, 2.05) is 11.6 Å². The Morgan fingerprint density at radius 2 is 1.84 bits per heavy atom. The van der Waals surface area contributed by atoms with Crippen LogP contribution in [0.1, 0.15) is 35.6 Å². The monoisotopic (exact) mass is 470 g/mol. The highest BCUT2D eigenvalue weighted by atomic mass is 32.2. The van der Waals surface area contributed by atoms with Crippen molar-refractivity contribution < 1.29 is 14.3 Å². The van der Waals surface area contributed by atoms with E-state index in [9.17, 15) is 9.59 Å². The fourth-order valence-corrected chi connectivity index (χ4v) is 4.32. The van der Waals surface area contributed by atoms with Gasteiger partial charge in [-0.3, -0.25) is 4.79 Å². The van der Waals surface area contributed by atoms with Gasteiger partial charge in [-0.25, -0.2) is 4.79 Å². The second-order valence-electron chi connectivity index (χ2n) is 7.43. The van der Waals surface area contributed by atoms with Gasteiger partial charge in [-0.1, -0.05) is 35.5 Å². The van der Waals surface area contributed by atoms with Crippen LogP contribution in [0.25, 0.3) is 0 Å². The Balaban J connectivity index is 1.52. The predicted molar refractivity (Wildman–Crippen MR) is 128 cm³/mol. The van der Waals surface area contributed by atoms with Gasteiger partial charge in [-0.2, -0.15) is 0 Å². The van der Waals surface area contributed by atoms with Crippen LogP contribution in [0.15, 0.2) is 58.6 Å². The van der Waals surface area contributed by atoms with E-state index in [4.69, 9.17) is 4.74 Å². The third kappa shape index (κ3) is 6.86. The Bertz CT molecular complexity index is 1080. The summed E-state index contributed by atoms with van der Waals surface area (Å²) in [7, 11) is 1.90. The van der Waals surface area contributed by atoms with Gasteiger partial charge in [0.15, 0.2) is 5.16 Å². The van der Waals surface area contributed by atoms with Gasteiger partial charge in [-0.15, -0.1) is 22.0 Å². The van der Waals surface area contributed by atoms with E-state index in [1.165, 1.54) is 22.2 Å². The smallest absolute Gasteiger partial charge is 0.338 e. The molecule has 0 bridgehead atoms. The molecule has 168 valence electrons. The van der Waals surface area contributed by atoms with E-state index in [-0.39, 0.29) is 17.8 Å². The standard InChI is InChI=1S/C23H26N4O3S2/c1-15(2)30-22(29)17-6-5-7-18(12-17)24-21(28)14-32-23-26-25-20(27(23)4)13-31-19-10-8-16(3)9-11-19/h5-12,15H,13-14H2,1-4H3,(H,24,28). The number of nitrogens with one attached hydrogen (secondary N) is 1. The SMILES string of the molecule is Cc1ccc(SCc2nnc(SCC(=O)Nc3cccc(C(=O)OC(C)C)c3)n2C)cc1. The molecular weight excluding hydrogens is 444 g/mol. The van der Waals surface area contributed by atoms with E-state index >= 15 is 0 Å². The summed E-state index contributed by atoms with van der Waals surface area (Å²) in [5, 5.41) is 11.9. The third-order valence-corrected chi connectivity index (χ3v) is 6.40. The van der Waals surface area contributed by atoms with Crippen LogP contribution in [0.4, 0.5) is 5.69 Å². The van der Waals surface area contributed by atoms with Crippen molar-refractivity contribution in [2.45, 2.75) is 42.7 Å². The number of amides is 1. The molecule has 0 unspecified atom stereocenters. The first-order valence-electron chi connectivity index (χ1n) is 10.1. The van der Waals surface area contributed by atoms with E-state index in [1.54, 1.807) is 49.9 Å². The average Bonchev–Trinajstić information content (AvgIpc) is 3.11. The van der Waals surface area contributed by atoms with E-state index in [2.05, 4.69) is 46.7 Å². The number of rotatable bonds is 9. The van der Waals surface area contributed by atoms with Crippen LogP contribution in [-0.2, 0) is 22.3 Å². The molecule has 0 aliphatic carbocycles. The normalized spacial score (nSPS) is 10.9. The number of hydrogen-bond donors (Lipinski definition) is 1. The number of nitrogens with zero attached hydrogens (tertiary/aromatic N) is 3. The first-order chi connectivity index (χ1) is 15.3. The molecule has 7 nitrogen and oxygen atoms in total. The maximum absolute atomic E-state index is 12.4. The lowest BCUT2D eigenvalue weighted by Gasteiger charge is -2.10. The Kier molecular flexibility index (Phi) is 8.35. The summed E-state index contributed by atoms with van der Waals surface area (Å²) in [5.74, 6) is 1.11. The van der Waals surface area contributed by atoms with Gasteiger partial charge in [0.2, 0.25) is 5.91 Å². The third-order valence-electron chi connectivity index (χ3n) is 4.37. The minimum Gasteiger partial charge on any atom is -0.459 e. The molecule has 0 aliphatic rings. The van der Waals surface area contributed by atoms with Crippen molar-refractivity contribution in [2.75, 3.05) is 11.1 Å². The molecule has 1 aromatic heterocycles. The number of esters is 1. The Labute approximate surface area is 196 Å². The van der Waals surface area contributed by atoms with Crippen LogP contribution < -0.4 is 5.32 Å². The van der Waals surface area contributed by atoms with Crippen LogP contribution >= 0.6 is 23.5 Å². The number of anilines is 1. The number of aromatic nitrogens is 3. The molecule has 0 saturated carbocycles. The summed E-state index contributed by atoms with van der Waals surface area (Å²) < 4.78 is 7.10. The molecule has 9 heteroatoms. The van der Waals surface area contributed by atoms with Crippen molar-refractivity contribution >= 4 is 41.1 Å². The number of carbonyl (C=O) groups is 2. The second-order valence-corrected chi connectivity index (χ2v) is 9.42. The number of hydrogen-bond acceptors (Lipinski definition) is 7. The Morgan fingerprint density at radius 3 is 2.56 bits per heavy atom. The Morgan fingerprint density at radius 1 is 1.09 bits per heavy atom. The summed E-state index contributed by atoms with van der Waals surface area (Å²) in [4.78, 5) is 25.6. The number of benzene rings is 2. The molecule has 3 rings (SSSR count). The van der Waals surface area contributed by atoms with E-state index in [0.29, 0.717) is 22.2 Å². The summed E-state index contributed by atoms with van der Waals surface area (Å²) in [6.07, 6.45) is -0.205. The summed E-state index contributed by atoms with van der Waals surface area (Å²) in [6, 6.07) is 15.1. The molecule has 0 atom stereocenters. The van der Waals surface area contributed by atoms with Gasteiger partial charge in [0.25, 0.3) is 0 Å². The van der Waals surface area contributed by atoms with E-state index < -0.39 is 5.97 Å². The molecule has 0 fully saturated rings. The number of ether oxygens (including phenoxy) is 1. The Hall–Kier alpha value is -2.78. The summed E-state index contributed by atoms with van der Waals surface area (Å²) in [5.41, 5.74) is 2.17. The maximum atomic E-state index is 12.4. The van der Waals surface area contributed by atoms with Crippen molar-refractivity contribution in [1.29, 1.82) is 0 Å². The van der Waals surface area contributed by atoms with Crippen molar-refractivity contribution in [2.24, 2.45) is 7.05 Å². The topological polar surface area (TPSA) is 86.1 Å². The van der Waals surface area contributed by atoms with Gasteiger partial charge in [0.05, 0.1) is 23.2 Å². The van der Waals surface area contributed by atoms with Crippen molar-refractivity contribution in [3.05, 3.63) is 65.5 Å². The summed E-state index contributed by atoms with van der Waals surface area (Å²) in [6.45, 7) is 5.65. The molecular formula is C23H26N4O3S2. The maximum Gasteiger partial charge on any atom is 0.338 e. The van der Waals surface area contributed by atoms with Gasteiger partial charge >= 0.3 is 5.97 Å². The zero-order valence-electron chi connectivity index (χ0n) is 18.5. The highest BCUT2D eigenvalue weighted by Crippen LogP contribution is 2.24. The van der Waals surface area contributed by atoms with Crippen LogP contribution in [0.3, 0.4) is 0 Å². The van der Waals surface area contributed by atoms with Crippen molar-refractivity contribution in [3.63, 3.8) is 0 Å². The molecule has 1 N–H and O–H groups in total. The van der Waals surface area contributed by atoms with Crippen LogP contribution in [0.2, 0.25) is 0 Å². The van der Waals surface area contributed by atoms with Crippen LogP contribution in [0.5, 0.6) is 0 Å². The highest BCUT2D eigenvalue weighted by molar-refractivity contribution is 7.99. The highest BCUT2D eigenvalue weighted by Gasteiger charge is 2.14. The van der Waals surface area contributed by atoms with Crippen molar-refractivity contribution in [1.82, 2.24) is 14.8 Å². The molecule has 1 amide bonds. The quantitative estimate of drug-likeness (QED) is 0.358. The zero-order chi connectivity index (χ0) is 23.1. The molecule has 0 radical (unpaired) electrons. The lowest BCUT2D eigenvalue weighted by molar-refractivity contribution is -0.113. The average molecular weight is 471 g/mol. The molecule has 2 aromatic carbocycles. The predicted octanol–water partition coefficient (Wildman–Crippen LogP) is 4.71. The van der Waals surface area contributed by atoms with Gasteiger partial charge in [-0.05, 0) is 51.1 Å². The molecule has 3 aromatic rings. The lowest BCUT2D eigenvalue weighted by Crippen LogP contribution is -2.16. The lowest BCUT2D eigenvalue weighted by atomic mass is 10.2. The fraction of sp³-hybridized carbons (Fsp3) is 0.304. The van der Waals surface area contributed by atoms with E-state index in [0.717, 1.165) is 5.82 Å². The van der Waals surface area contributed by atoms with Gasteiger partial charge < -0.3 is 14.6 Å². The second kappa shape index (κ2) is 11.2. The molecule has 32 heavy (non-hydrogen) atoms. The molecule has 0 saturated heterocycles. The molecule has 1 heterocycles. The minimum atomic E-state index is -0.416. The van der Waals surface area contributed by atoms with Gasteiger partial charge in [0.1, 0.15) is 5.82 Å². The zero-order valence-corrected chi connectivity index (χ0v) is 20.1. The fourth-order valence-electron chi connectivity index (χ4n) is 2.71. The first kappa shape index (κ1) is 23.9. The number of aryl methyl sites for hydroxylation is 1. The molecule has 0 aliphatic heterocycles. The molecule has 0 spiro atoms.